The lowest BCUT2D eigenvalue weighted by atomic mass is 9.76. The number of carbonyl (C=O) groups excluding carboxylic acids is 1. The maximum absolute atomic E-state index is 11.9. The molecule has 0 radical (unpaired) electrons. The van der Waals surface area contributed by atoms with E-state index in [1.165, 1.54) is 0 Å². The third kappa shape index (κ3) is 7.53. The van der Waals surface area contributed by atoms with E-state index in [0.717, 1.165) is 12.8 Å². The molecule has 0 rings (SSSR count). The summed E-state index contributed by atoms with van der Waals surface area (Å²) in [5, 5.41) is 12.0. The molecule has 0 bridgehead atoms. The van der Waals surface area contributed by atoms with Crippen LogP contribution in [0.2, 0.25) is 0 Å². The lowest BCUT2D eigenvalue weighted by Gasteiger charge is -2.30. The van der Waals surface area contributed by atoms with Crippen LogP contribution in [0.1, 0.15) is 53.9 Å². The van der Waals surface area contributed by atoms with E-state index in [4.69, 9.17) is 10.8 Å². The average molecular weight is 272 g/mol. The summed E-state index contributed by atoms with van der Waals surface area (Å²) in [6, 6.07) is 0.0140. The highest BCUT2D eigenvalue weighted by Gasteiger charge is 2.24. The van der Waals surface area contributed by atoms with Gasteiger partial charge < -0.3 is 16.2 Å². The molecule has 3 atom stereocenters. The van der Waals surface area contributed by atoms with Gasteiger partial charge in [-0.15, -0.1) is 0 Å². The number of hydrogen-bond acceptors (Lipinski definition) is 3. The number of nitrogens with one attached hydrogen (secondary N) is 1. The predicted octanol–water partition coefficient (Wildman–Crippen LogP) is 1.91. The van der Waals surface area contributed by atoms with Crippen molar-refractivity contribution in [2.24, 2.45) is 23.0 Å². The molecule has 0 aliphatic heterocycles. The zero-order valence-corrected chi connectivity index (χ0v) is 13.2. The van der Waals surface area contributed by atoms with Crippen molar-refractivity contribution in [3.05, 3.63) is 0 Å². The maximum Gasteiger partial charge on any atom is 0.220 e. The second-order valence-electron chi connectivity index (χ2n) is 6.70. The molecular formula is C15H32N2O2. The van der Waals surface area contributed by atoms with Gasteiger partial charge in [-0.1, -0.05) is 27.7 Å². The summed E-state index contributed by atoms with van der Waals surface area (Å²) in [5.41, 5.74) is 5.83. The number of aliphatic hydroxyl groups is 1. The Kier molecular flexibility index (Phi) is 8.26. The van der Waals surface area contributed by atoms with Gasteiger partial charge >= 0.3 is 0 Å². The van der Waals surface area contributed by atoms with Crippen LogP contribution in [0.15, 0.2) is 0 Å². The van der Waals surface area contributed by atoms with Crippen molar-refractivity contribution in [3.8, 4) is 0 Å². The van der Waals surface area contributed by atoms with Crippen molar-refractivity contribution in [1.82, 2.24) is 5.32 Å². The van der Waals surface area contributed by atoms with Crippen LogP contribution in [-0.2, 0) is 4.79 Å². The Morgan fingerprint density at radius 1 is 1.26 bits per heavy atom. The molecule has 0 heterocycles. The molecular weight excluding hydrogens is 240 g/mol. The molecule has 3 unspecified atom stereocenters. The minimum Gasteiger partial charge on any atom is -0.396 e. The van der Waals surface area contributed by atoms with Crippen LogP contribution in [0, 0.1) is 17.3 Å². The second-order valence-corrected chi connectivity index (χ2v) is 6.70. The SMILES string of the molecule is CC(CO)C(C)NC(=O)CCC(CCN)C(C)(C)C. The Hall–Kier alpha value is -0.610. The molecule has 0 aromatic carbocycles. The molecule has 0 aliphatic carbocycles. The average Bonchev–Trinajstić information content (AvgIpc) is 2.31. The number of amides is 1. The third-order valence-corrected chi connectivity index (χ3v) is 3.99. The van der Waals surface area contributed by atoms with Gasteiger partial charge in [0.05, 0.1) is 0 Å². The number of rotatable bonds is 8. The molecule has 0 fully saturated rings. The second kappa shape index (κ2) is 8.54. The molecule has 114 valence electrons. The molecule has 0 aromatic heterocycles. The molecule has 0 aromatic rings. The van der Waals surface area contributed by atoms with Gasteiger partial charge in [0.2, 0.25) is 5.91 Å². The van der Waals surface area contributed by atoms with Gasteiger partial charge in [-0.2, -0.15) is 0 Å². The molecule has 0 saturated heterocycles. The summed E-state index contributed by atoms with van der Waals surface area (Å²) in [6.45, 7) is 11.2. The lowest BCUT2D eigenvalue weighted by Crippen LogP contribution is -2.38. The largest absolute Gasteiger partial charge is 0.396 e. The van der Waals surface area contributed by atoms with Crippen LogP contribution in [-0.4, -0.2) is 30.2 Å². The van der Waals surface area contributed by atoms with Gasteiger partial charge in [0.1, 0.15) is 0 Å². The van der Waals surface area contributed by atoms with Crippen LogP contribution < -0.4 is 11.1 Å². The minimum absolute atomic E-state index is 0.0140. The Bertz CT molecular complexity index is 261. The number of aliphatic hydroxyl groups excluding tert-OH is 1. The van der Waals surface area contributed by atoms with E-state index < -0.39 is 0 Å². The first-order chi connectivity index (χ1) is 8.72. The van der Waals surface area contributed by atoms with E-state index in [2.05, 4.69) is 26.1 Å². The normalized spacial score (nSPS) is 16.8. The third-order valence-electron chi connectivity index (χ3n) is 3.99. The first-order valence-corrected chi connectivity index (χ1v) is 7.32. The summed E-state index contributed by atoms with van der Waals surface area (Å²) in [7, 11) is 0. The first kappa shape index (κ1) is 18.4. The standard InChI is InChI=1S/C15H32N2O2/c1-11(10-18)12(2)17-14(19)7-6-13(8-9-16)15(3,4)5/h11-13,18H,6-10,16H2,1-5H3,(H,17,19). The van der Waals surface area contributed by atoms with Crippen LogP contribution >= 0.6 is 0 Å². The fourth-order valence-electron chi connectivity index (χ4n) is 2.14. The highest BCUT2D eigenvalue weighted by Crippen LogP contribution is 2.32. The Morgan fingerprint density at radius 2 is 1.84 bits per heavy atom. The van der Waals surface area contributed by atoms with Crippen LogP contribution in [0.5, 0.6) is 0 Å². The van der Waals surface area contributed by atoms with Gasteiger partial charge in [-0.3, -0.25) is 4.79 Å². The van der Waals surface area contributed by atoms with Crippen LogP contribution in [0.3, 0.4) is 0 Å². The Labute approximate surface area is 118 Å². The van der Waals surface area contributed by atoms with Crippen LogP contribution in [0.25, 0.3) is 0 Å². The molecule has 0 spiro atoms. The smallest absolute Gasteiger partial charge is 0.220 e. The van der Waals surface area contributed by atoms with Gasteiger partial charge in [0.15, 0.2) is 0 Å². The van der Waals surface area contributed by atoms with Gasteiger partial charge in [-0.25, -0.2) is 0 Å². The van der Waals surface area contributed by atoms with Crippen molar-refractivity contribution < 1.29 is 9.90 Å². The van der Waals surface area contributed by atoms with E-state index in [1.807, 2.05) is 13.8 Å². The Morgan fingerprint density at radius 3 is 2.26 bits per heavy atom. The van der Waals surface area contributed by atoms with Gasteiger partial charge in [0, 0.05) is 19.1 Å². The lowest BCUT2D eigenvalue weighted by molar-refractivity contribution is -0.122. The van der Waals surface area contributed by atoms with Gasteiger partial charge in [-0.05, 0) is 43.6 Å². The van der Waals surface area contributed by atoms with Crippen molar-refractivity contribution in [2.75, 3.05) is 13.2 Å². The van der Waals surface area contributed by atoms with Crippen molar-refractivity contribution >= 4 is 5.91 Å². The molecule has 0 saturated carbocycles. The quantitative estimate of drug-likeness (QED) is 0.632. The summed E-state index contributed by atoms with van der Waals surface area (Å²) < 4.78 is 0. The van der Waals surface area contributed by atoms with Crippen LogP contribution in [0.4, 0.5) is 0 Å². The van der Waals surface area contributed by atoms with E-state index in [1.54, 1.807) is 0 Å². The monoisotopic (exact) mass is 272 g/mol. The van der Waals surface area contributed by atoms with Crippen molar-refractivity contribution in [1.29, 1.82) is 0 Å². The van der Waals surface area contributed by atoms with E-state index >= 15 is 0 Å². The summed E-state index contributed by atoms with van der Waals surface area (Å²) in [6.07, 6.45) is 2.36. The zero-order valence-electron chi connectivity index (χ0n) is 13.2. The van der Waals surface area contributed by atoms with E-state index in [-0.39, 0.29) is 29.9 Å². The van der Waals surface area contributed by atoms with E-state index in [0.29, 0.717) is 18.9 Å². The molecule has 4 nitrogen and oxygen atoms in total. The fourth-order valence-corrected chi connectivity index (χ4v) is 2.14. The maximum atomic E-state index is 11.9. The zero-order chi connectivity index (χ0) is 15.1. The molecule has 19 heavy (non-hydrogen) atoms. The fraction of sp³-hybridized carbons (Fsp3) is 0.933. The van der Waals surface area contributed by atoms with Crippen molar-refractivity contribution in [2.45, 2.75) is 59.9 Å². The Balaban J connectivity index is 4.19. The summed E-state index contributed by atoms with van der Waals surface area (Å²) in [4.78, 5) is 11.9. The molecule has 1 amide bonds. The van der Waals surface area contributed by atoms with Crippen molar-refractivity contribution in [3.63, 3.8) is 0 Å². The summed E-state index contributed by atoms with van der Waals surface area (Å²) in [5.74, 6) is 0.624. The number of nitrogens with two attached hydrogens (primary N) is 1. The number of hydrogen-bond donors (Lipinski definition) is 3. The minimum atomic E-state index is 0.0140. The molecule has 0 aliphatic rings. The topological polar surface area (TPSA) is 75.3 Å². The van der Waals surface area contributed by atoms with Gasteiger partial charge in [0.25, 0.3) is 0 Å². The first-order valence-electron chi connectivity index (χ1n) is 7.32. The predicted molar refractivity (Wildman–Crippen MR) is 79.7 cm³/mol. The van der Waals surface area contributed by atoms with E-state index in [9.17, 15) is 4.79 Å². The molecule has 4 heteroatoms. The highest BCUT2D eigenvalue weighted by atomic mass is 16.3. The molecule has 4 N–H and O–H groups in total. The number of carbonyl (C=O) groups is 1. The summed E-state index contributed by atoms with van der Waals surface area (Å²) >= 11 is 0. The highest BCUT2D eigenvalue weighted by molar-refractivity contribution is 5.76.